The van der Waals surface area contributed by atoms with Crippen molar-refractivity contribution < 1.29 is 9.53 Å². The Bertz CT molecular complexity index is 342. The Hall–Kier alpha value is -1.31. The third kappa shape index (κ3) is 2.13. The average molecular weight is 192 g/mol. The van der Waals surface area contributed by atoms with Crippen molar-refractivity contribution in [1.29, 1.82) is 0 Å². The number of carbonyl (C=O) groups is 1. The Balaban J connectivity index is 3.05. The molecule has 0 aliphatic carbocycles. The standard InChI is InChI=1S/C12H16O2/c1-8-5-6-9(2)11(7-8)10(3)12(13)14-4/h5-7,10H,1-4H3/t10-/m0/s1. The number of ether oxygens (including phenoxy) is 1. The van der Waals surface area contributed by atoms with E-state index in [4.69, 9.17) is 4.74 Å². The first-order valence-corrected chi connectivity index (χ1v) is 4.71. The number of aryl methyl sites for hydroxylation is 2. The zero-order valence-corrected chi connectivity index (χ0v) is 9.13. The average Bonchev–Trinajstić information content (AvgIpc) is 2.19. The normalized spacial score (nSPS) is 12.3. The number of hydrogen-bond donors (Lipinski definition) is 0. The molecule has 2 heteroatoms. The fraction of sp³-hybridized carbons (Fsp3) is 0.417. The first kappa shape index (κ1) is 10.8. The van der Waals surface area contributed by atoms with E-state index in [0.717, 1.165) is 11.1 Å². The van der Waals surface area contributed by atoms with Gasteiger partial charge in [-0.05, 0) is 31.9 Å². The van der Waals surface area contributed by atoms with Crippen molar-refractivity contribution in [2.24, 2.45) is 0 Å². The Morgan fingerprint density at radius 3 is 2.57 bits per heavy atom. The predicted molar refractivity (Wildman–Crippen MR) is 56.3 cm³/mol. The monoisotopic (exact) mass is 192 g/mol. The van der Waals surface area contributed by atoms with Gasteiger partial charge >= 0.3 is 5.97 Å². The lowest BCUT2D eigenvalue weighted by Crippen LogP contribution is -2.12. The summed E-state index contributed by atoms with van der Waals surface area (Å²) in [7, 11) is 1.42. The molecule has 0 N–H and O–H groups in total. The molecule has 1 atom stereocenters. The first-order valence-electron chi connectivity index (χ1n) is 4.71. The highest BCUT2D eigenvalue weighted by atomic mass is 16.5. The molecule has 0 amide bonds. The van der Waals surface area contributed by atoms with Gasteiger partial charge in [-0.15, -0.1) is 0 Å². The summed E-state index contributed by atoms with van der Waals surface area (Å²) in [5, 5.41) is 0. The smallest absolute Gasteiger partial charge is 0.312 e. The van der Waals surface area contributed by atoms with Crippen molar-refractivity contribution in [2.45, 2.75) is 26.7 Å². The summed E-state index contributed by atoms with van der Waals surface area (Å²) in [6, 6.07) is 6.11. The second-order valence-corrected chi connectivity index (χ2v) is 3.60. The number of esters is 1. The van der Waals surface area contributed by atoms with E-state index in [1.807, 2.05) is 39.0 Å². The van der Waals surface area contributed by atoms with E-state index in [0.29, 0.717) is 0 Å². The van der Waals surface area contributed by atoms with Crippen molar-refractivity contribution in [1.82, 2.24) is 0 Å². The van der Waals surface area contributed by atoms with Crippen LogP contribution in [0.4, 0.5) is 0 Å². The lowest BCUT2D eigenvalue weighted by Gasteiger charge is -2.12. The molecule has 1 rings (SSSR count). The van der Waals surface area contributed by atoms with Gasteiger partial charge in [-0.25, -0.2) is 0 Å². The molecule has 2 nitrogen and oxygen atoms in total. The SMILES string of the molecule is COC(=O)[C@@H](C)c1cc(C)ccc1C. The van der Waals surface area contributed by atoms with E-state index in [1.165, 1.54) is 12.7 Å². The van der Waals surface area contributed by atoms with Gasteiger partial charge in [0.15, 0.2) is 0 Å². The molecule has 0 saturated heterocycles. The molecule has 0 aromatic heterocycles. The van der Waals surface area contributed by atoms with Crippen molar-refractivity contribution in [2.75, 3.05) is 7.11 Å². The summed E-state index contributed by atoms with van der Waals surface area (Å²) in [6.07, 6.45) is 0. The van der Waals surface area contributed by atoms with Gasteiger partial charge in [0.2, 0.25) is 0 Å². The molecule has 0 spiro atoms. The molecule has 76 valence electrons. The Morgan fingerprint density at radius 1 is 1.36 bits per heavy atom. The van der Waals surface area contributed by atoms with Crippen molar-refractivity contribution >= 4 is 5.97 Å². The molecule has 0 fully saturated rings. The number of hydrogen-bond acceptors (Lipinski definition) is 2. The van der Waals surface area contributed by atoms with Gasteiger partial charge in [0, 0.05) is 0 Å². The quantitative estimate of drug-likeness (QED) is 0.673. The molecule has 1 aromatic carbocycles. The van der Waals surface area contributed by atoms with Gasteiger partial charge in [-0.2, -0.15) is 0 Å². The summed E-state index contributed by atoms with van der Waals surface area (Å²) in [5.41, 5.74) is 3.35. The minimum atomic E-state index is -0.182. The largest absolute Gasteiger partial charge is 0.469 e. The minimum Gasteiger partial charge on any atom is -0.469 e. The predicted octanol–water partition coefficient (Wildman–Crippen LogP) is 2.58. The zero-order valence-electron chi connectivity index (χ0n) is 9.13. The topological polar surface area (TPSA) is 26.3 Å². The third-order valence-electron chi connectivity index (χ3n) is 2.46. The minimum absolute atomic E-state index is 0.181. The number of carbonyl (C=O) groups excluding carboxylic acids is 1. The molecule has 0 bridgehead atoms. The fourth-order valence-electron chi connectivity index (χ4n) is 1.53. The molecule has 14 heavy (non-hydrogen) atoms. The number of rotatable bonds is 2. The fourth-order valence-corrected chi connectivity index (χ4v) is 1.53. The summed E-state index contributed by atoms with van der Waals surface area (Å²) in [4.78, 5) is 11.4. The summed E-state index contributed by atoms with van der Waals surface area (Å²) in [6.45, 7) is 5.90. The highest BCUT2D eigenvalue weighted by Gasteiger charge is 2.17. The molecular weight excluding hydrogens is 176 g/mol. The van der Waals surface area contributed by atoms with Crippen LogP contribution in [0.5, 0.6) is 0 Å². The van der Waals surface area contributed by atoms with Crippen molar-refractivity contribution in [3.8, 4) is 0 Å². The van der Waals surface area contributed by atoms with Crippen LogP contribution in [-0.4, -0.2) is 13.1 Å². The molecule has 1 aromatic rings. The van der Waals surface area contributed by atoms with E-state index < -0.39 is 0 Å². The molecule has 0 heterocycles. The van der Waals surface area contributed by atoms with Crippen LogP contribution in [0.15, 0.2) is 18.2 Å². The van der Waals surface area contributed by atoms with Gasteiger partial charge in [-0.3, -0.25) is 4.79 Å². The van der Waals surface area contributed by atoms with E-state index in [2.05, 4.69) is 0 Å². The Morgan fingerprint density at radius 2 is 2.00 bits per heavy atom. The van der Waals surface area contributed by atoms with Crippen LogP contribution in [0, 0.1) is 13.8 Å². The van der Waals surface area contributed by atoms with Crippen LogP contribution in [0.2, 0.25) is 0 Å². The lowest BCUT2D eigenvalue weighted by atomic mass is 9.95. The third-order valence-corrected chi connectivity index (χ3v) is 2.46. The van der Waals surface area contributed by atoms with E-state index in [9.17, 15) is 4.79 Å². The molecular formula is C12H16O2. The van der Waals surface area contributed by atoms with Gasteiger partial charge in [-0.1, -0.05) is 23.8 Å². The Labute approximate surface area is 84.9 Å². The van der Waals surface area contributed by atoms with Gasteiger partial charge in [0.1, 0.15) is 0 Å². The second kappa shape index (κ2) is 4.27. The maximum absolute atomic E-state index is 11.4. The summed E-state index contributed by atoms with van der Waals surface area (Å²) >= 11 is 0. The molecule has 0 unspecified atom stereocenters. The maximum Gasteiger partial charge on any atom is 0.312 e. The highest BCUT2D eigenvalue weighted by Crippen LogP contribution is 2.21. The zero-order chi connectivity index (χ0) is 10.7. The highest BCUT2D eigenvalue weighted by molar-refractivity contribution is 5.78. The molecule has 0 radical (unpaired) electrons. The number of methoxy groups -OCH3 is 1. The van der Waals surface area contributed by atoms with Crippen LogP contribution in [-0.2, 0) is 9.53 Å². The van der Waals surface area contributed by atoms with Crippen LogP contribution >= 0.6 is 0 Å². The van der Waals surface area contributed by atoms with Gasteiger partial charge < -0.3 is 4.74 Å². The summed E-state index contributed by atoms with van der Waals surface area (Å²) < 4.78 is 4.72. The van der Waals surface area contributed by atoms with Crippen LogP contribution in [0.25, 0.3) is 0 Å². The van der Waals surface area contributed by atoms with Crippen molar-refractivity contribution in [3.05, 3.63) is 34.9 Å². The van der Waals surface area contributed by atoms with Gasteiger partial charge in [0.05, 0.1) is 13.0 Å². The number of benzene rings is 1. The van der Waals surface area contributed by atoms with E-state index >= 15 is 0 Å². The van der Waals surface area contributed by atoms with Crippen LogP contribution < -0.4 is 0 Å². The van der Waals surface area contributed by atoms with Crippen molar-refractivity contribution in [3.63, 3.8) is 0 Å². The molecule has 0 aliphatic heterocycles. The van der Waals surface area contributed by atoms with Crippen LogP contribution in [0.1, 0.15) is 29.5 Å². The molecule has 0 aliphatic rings. The lowest BCUT2D eigenvalue weighted by molar-refractivity contribution is -0.142. The maximum atomic E-state index is 11.4. The first-order chi connectivity index (χ1) is 6.56. The Kier molecular flexibility index (Phi) is 3.28. The van der Waals surface area contributed by atoms with E-state index in [1.54, 1.807) is 0 Å². The summed E-state index contributed by atoms with van der Waals surface area (Å²) in [5.74, 6) is -0.362. The van der Waals surface area contributed by atoms with E-state index in [-0.39, 0.29) is 11.9 Å². The van der Waals surface area contributed by atoms with Gasteiger partial charge in [0.25, 0.3) is 0 Å². The van der Waals surface area contributed by atoms with Crippen LogP contribution in [0.3, 0.4) is 0 Å². The second-order valence-electron chi connectivity index (χ2n) is 3.60. The molecule has 0 saturated carbocycles.